The molecule has 42 valence electrons. The Hall–Kier alpha value is 0.270. The van der Waals surface area contributed by atoms with Crippen LogP contribution in [0.3, 0.4) is 0 Å². The van der Waals surface area contributed by atoms with E-state index in [1.165, 1.54) is 0 Å². The van der Waals surface area contributed by atoms with Gasteiger partial charge in [0.2, 0.25) is 0 Å². The fourth-order valence-corrected chi connectivity index (χ4v) is 1.11. The first-order valence-corrected chi connectivity index (χ1v) is 3.71. The Morgan fingerprint density at radius 3 is 2.29 bits per heavy atom. The zero-order valence-electron chi connectivity index (χ0n) is 4.40. The van der Waals surface area contributed by atoms with E-state index in [0.29, 0.717) is 0 Å². The lowest BCUT2D eigenvalue weighted by atomic mass is 10.5. The zero-order valence-corrected chi connectivity index (χ0v) is 5.22. The van der Waals surface area contributed by atoms with Gasteiger partial charge >= 0.3 is 0 Å². The predicted octanol–water partition coefficient (Wildman–Crippen LogP) is -0.174. The Labute approximate surface area is 48.0 Å². The summed E-state index contributed by atoms with van der Waals surface area (Å²) in [5.41, 5.74) is 6.10. The maximum Gasteiger partial charge on any atom is 0.0322 e. The Balaban J connectivity index is 2.14. The van der Waals surface area contributed by atoms with Gasteiger partial charge in [-0.25, -0.2) is 0 Å². The van der Waals surface area contributed by atoms with Crippen LogP contribution in [-0.2, 0) is 0 Å². The van der Waals surface area contributed by atoms with E-state index in [0.717, 1.165) is 18.3 Å². The highest BCUT2D eigenvalue weighted by Crippen LogP contribution is 2.05. The Morgan fingerprint density at radius 2 is 2.00 bits per heavy atom. The summed E-state index contributed by atoms with van der Waals surface area (Å²) in [6.45, 7) is 2.22. The normalized spacial score (nSPS) is 23.6. The van der Waals surface area contributed by atoms with E-state index in [4.69, 9.17) is 0 Å². The van der Waals surface area contributed by atoms with E-state index in [2.05, 4.69) is 17.1 Å². The van der Waals surface area contributed by atoms with Crippen LogP contribution in [0.1, 0.15) is 0 Å². The molecule has 2 nitrogen and oxygen atoms in total. The van der Waals surface area contributed by atoms with Crippen LogP contribution < -0.4 is 10.9 Å². The molecular weight excluding hydrogens is 108 g/mol. The molecule has 0 aromatic rings. The number of nitrogens with one attached hydrogen (secondary N) is 2. The summed E-state index contributed by atoms with van der Waals surface area (Å²) in [4.78, 5) is 0. The van der Waals surface area contributed by atoms with Crippen LogP contribution in [0.25, 0.3) is 0 Å². The molecule has 7 heavy (non-hydrogen) atoms. The van der Waals surface area contributed by atoms with Gasteiger partial charge in [-0.05, 0) is 6.26 Å². The summed E-state index contributed by atoms with van der Waals surface area (Å²) in [6.07, 6.45) is 2.14. The second kappa shape index (κ2) is 2.55. The van der Waals surface area contributed by atoms with E-state index in [9.17, 15) is 0 Å². The highest BCUT2D eigenvalue weighted by molar-refractivity contribution is 7.99. The maximum atomic E-state index is 3.05. The molecule has 1 heterocycles. The number of hydrogen-bond acceptors (Lipinski definition) is 3. The van der Waals surface area contributed by atoms with E-state index < -0.39 is 0 Å². The fraction of sp³-hybridized carbons (Fsp3) is 1.00. The summed E-state index contributed by atoms with van der Waals surface area (Å²) < 4.78 is 0. The number of rotatable bonds is 1. The largest absolute Gasteiger partial charge is 0.257 e. The van der Waals surface area contributed by atoms with Crippen molar-refractivity contribution in [3.8, 4) is 0 Å². The second-order valence-corrected chi connectivity index (χ2v) is 2.76. The average Bonchev–Trinajstić information content (AvgIpc) is 2.14. The van der Waals surface area contributed by atoms with Gasteiger partial charge in [-0.3, -0.25) is 10.9 Å². The summed E-state index contributed by atoms with van der Waals surface area (Å²) in [5.74, 6) is 0. The molecule has 0 bridgehead atoms. The first-order valence-electron chi connectivity index (χ1n) is 2.42. The first-order chi connectivity index (χ1) is 3.43. The van der Waals surface area contributed by atoms with E-state index >= 15 is 0 Å². The van der Waals surface area contributed by atoms with Crippen LogP contribution in [0, 0.1) is 0 Å². The van der Waals surface area contributed by atoms with Crippen LogP contribution in [0.5, 0.6) is 0 Å². The van der Waals surface area contributed by atoms with Gasteiger partial charge in [-0.15, -0.1) is 0 Å². The third-order valence-corrected chi connectivity index (χ3v) is 2.12. The molecule has 0 saturated carbocycles. The van der Waals surface area contributed by atoms with Crippen molar-refractivity contribution in [2.75, 3.05) is 19.3 Å². The molecular formula is C4H10N2S. The van der Waals surface area contributed by atoms with Crippen LogP contribution >= 0.6 is 11.8 Å². The molecule has 0 aliphatic carbocycles. The van der Waals surface area contributed by atoms with Gasteiger partial charge in [-0.1, -0.05) is 0 Å². The Morgan fingerprint density at radius 1 is 1.43 bits per heavy atom. The summed E-state index contributed by atoms with van der Waals surface area (Å²) in [6, 6.07) is 0. The van der Waals surface area contributed by atoms with E-state index in [1.54, 1.807) is 0 Å². The highest BCUT2D eigenvalue weighted by Gasteiger charge is 2.10. The third kappa shape index (κ3) is 1.33. The quantitative estimate of drug-likeness (QED) is 0.499. The molecule has 1 aliphatic rings. The van der Waals surface area contributed by atoms with Crippen LogP contribution in [0.15, 0.2) is 0 Å². The molecule has 0 unspecified atom stereocenters. The molecule has 2 N–H and O–H groups in total. The van der Waals surface area contributed by atoms with Gasteiger partial charge in [0.25, 0.3) is 0 Å². The predicted molar refractivity (Wildman–Crippen MR) is 33.3 cm³/mol. The van der Waals surface area contributed by atoms with Gasteiger partial charge in [0, 0.05) is 18.3 Å². The van der Waals surface area contributed by atoms with Crippen LogP contribution in [0.2, 0.25) is 0 Å². The number of thioether (sulfide) groups is 1. The molecule has 1 fully saturated rings. The van der Waals surface area contributed by atoms with Crippen molar-refractivity contribution in [1.29, 1.82) is 0 Å². The second-order valence-electron chi connectivity index (χ2n) is 1.62. The van der Waals surface area contributed by atoms with Gasteiger partial charge < -0.3 is 0 Å². The van der Waals surface area contributed by atoms with Crippen LogP contribution in [-0.4, -0.2) is 24.6 Å². The lowest BCUT2D eigenvalue weighted by Crippen LogP contribution is -2.21. The average molecular weight is 118 g/mol. The third-order valence-electron chi connectivity index (χ3n) is 1.12. The summed E-state index contributed by atoms with van der Waals surface area (Å²) in [7, 11) is 0. The molecule has 0 atom stereocenters. The van der Waals surface area contributed by atoms with Crippen molar-refractivity contribution in [1.82, 2.24) is 10.9 Å². The summed E-state index contributed by atoms with van der Waals surface area (Å²) in [5, 5.41) is 0.792. The lowest BCUT2D eigenvalue weighted by Gasteiger charge is -1.97. The molecule has 0 aromatic carbocycles. The van der Waals surface area contributed by atoms with E-state index in [-0.39, 0.29) is 0 Å². The van der Waals surface area contributed by atoms with Gasteiger partial charge in [-0.2, -0.15) is 11.8 Å². The molecule has 0 aromatic heterocycles. The van der Waals surface area contributed by atoms with Crippen LogP contribution in [0.4, 0.5) is 0 Å². The van der Waals surface area contributed by atoms with Crippen molar-refractivity contribution in [3.63, 3.8) is 0 Å². The first kappa shape index (κ1) is 5.41. The Kier molecular flexibility index (Phi) is 1.97. The molecule has 1 saturated heterocycles. The van der Waals surface area contributed by atoms with Crippen molar-refractivity contribution >= 4 is 11.8 Å². The molecule has 0 amide bonds. The minimum atomic E-state index is 0.792. The minimum Gasteiger partial charge on any atom is -0.257 e. The summed E-state index contributed by atoms with van der Waals surface area (Å²) >= 11 is 1.91. The Bertz CT molecular complexity index is 51.7. The van der Waals surface area contributed by atoms with Gasteiger partial charge in [0.05, 0.1) is 0 Å². The van der Waals surface area contributed by atoms with Crippen molar-refractivity contribution in [2.45, 2.75) is 5.25 Å². The minimum absolute atomic E-state index is 0.792. The molecule has 3 heteroatoms. The molecule has 0 radical (unpaired) electrons. The van der Waals surface area contributed by atoms with Crippen molar-refractivity contribution in [2.24, 2.45) is 0 Å². The SMILES string of the molecule is CSC1CNNC1. The standard InChI is InChI=1S/C4H10N2S/c1-7-4-2-5-6-3-4/h4-6H,2-3H2,1H3. The monoisotopic (exact) mass is 118 g/mol. The number of hydrazine groups is 1. The molecule has 0 spiro atoms. The highest BCUT2D eigenvalue weighted by atomic mass is 32.2. The van der Waals surface area contributed by atoms with Crippen molar-refractivity contribution in [3.05, 3.63) is 0 Å². The fourth-order valence-electron chi connectivity index (χ4n) is 0.611. The maximum absolute atomic E-state index is 3.05. The topological polar surface area (TPSA) is 24.1 Å². The molecule has 1 rings (SSSR count). The van der Waals surface area contributed by atoms with E-state index in [1.807, 2.05) is 11.8 Å². The number of hydrogen-bond donors (Lipinski definition) is 2. The van der Waals surface area contributed by atoms with Crippen molar-refractivity contribution < 1.29 is 0 Å². The molecule has 1 aliphatic heterocycles. The lowest BCUT2D eigenvalue weighted by molar-refractivity contribution is 0.689. The smallest absolute Gasteiger partial charge is 0.0322 e. The zero-order chi connectivity index (χ0) is 5.11. The van der Waals surface area contributed by atoms with Gasteiger partial charge in [0.15, 0.2) is 0 Å². The van der Waals surface area contributed by atoms with Gasteiger partial charge in [0.1, 0.15) is 0 Å².